The van der Waals surface area contributed by atoms with Gasteiger partial charge in [0.1, 0.15) is 6.61 Å². The topological polar surface area (TPSA) is 27.7 Å². The van der Waals surface area contributed by atoms with Crippen LogP contribution in [0.3, 0.4) is 0 Å². The fourth-order valence-corrected chi connectivity index (χ4v) is 0.565. The zero-order valence-electron chi connectivity index (χ0n) is 6.85. The fourth-order valence-electron chi connectivity index (χ4n) is 0.565. The Morgan fingerprint density at radius 1 is 1.10 bits per heavy atom. The Bertz CT molecular complexity index is 51.6. The summed E-state index contributed by atoms with van der Waals surface area (Å²) in [4.78, 5) is 0. The summed E-state index contributed by atoms with van der Waals surface area (Å²) in [5.74, 6) is 0. The van der Waals surface area contributed by atoms with E-state index >= 15 is 0 Å². The highest BCUT2D eigenvalue weighted by Crippen LogP contribution is 2.03. The van der Waals surface area contributed by atoms with Gasteiger partial charge in [0.15, 0.2) is 0 Å². The Hall–Kier alpha value is -0.120. The molecule has 61 valence electrons. The number of hydrogen-bond donors (Lipinski definition) is 0. The molecule has 0 aliphatic heterocycles. The molecule has 10 heavy (non-hydrogen) atoms. The smallest absolute Gasteiger partial charge is 0.250 e. The van der Waals surface area contributed by atoms with E-state index in [-0.39, 0.29) is 0 Å². The van der Waals surface area contributed by atoms with Crippen molar-refractivity contribution < 1.29 is 14.2 Å². The van der Waals surface area contributed by atoms with Crippen LogP contribution in [0.15, 0.2) is 0 Å². The van der Waals surface area contributed by atoms with Gasteiger partial charge in [0.25, 0.3) is 0 Å². The molecular formula is C7H15O3. The van der Waals surface area contributed by atoms with Crippen LogP contribution in [0.25, 0.3) is 0 Å². The lowest BCUT2D eigenvalue weighted by Crippen LogP contribution is -2.13. The first kappa shape index (κ1) is 9.88. The second-order valence-electron chi connectivity index (χ2n) is 1.67. The standard InChI is InChI=1S/C7H15O3/c1-4-9-7(6-8-3)10-5-2/h4-6H2,1-3H3. The van der Waals surface area contributed by atoms with Gasteiger partial charge in [0, 0.05) is 20.3 Å². The quantitative estimate of drug-likeness (QED) is 0.565. The normalized spacial score (nSPS) is 10.8. The van der Waals surface area contributed by atoms with Gasteiger partial charge in [0.2, 0.25) is 6.29 Å². The molecule has 0 unspecified atom stereocenters. The second-order valence-corrected chi connectivity index (χ2v) is 1.67. The summed E-state index contributed by atoms with van der Waals surface area (Å²) >= 11 is 0. The Balaban J connectivity index is 3.30. The lowest BCUT2D eigenvalue weighted by Gasteiger charge is -2.12. The van der Waals surface area contributed by atoms with Crippen LogP contribution >= 0.6 is 0 Å². The molecule has 3 nitrogen and oxygen atoms in total. The predicted molar refractivity (Wildman–Crippen MR) is 38.4 cm³/mol. The highest BCUT2D eigenvalue weighted by Gasteiger charge is 2.07. The van der Waals surface area contributed by atoms with Crippen LogP contribution in [0.5, 0.6) is 0 Å². The van der Waals surface area contributed by atoms with E-state index in [0.717, 1.165) is 0 Å². The molecule has 0 aliphatic carbocycles. The van der Waals surface area contributed by atoms with Crippen molar-refractivity contribution in [3.05, 3.63) is 6.29 Å². The molecule has 1 radical (unpaired) electrons. The summed E-state index contributed by atoms with van der Waals surface area (Å²) < 4.78 is 15.0. The highest BCUT2D eigenvalue weighted by atomic mass is 16.7. The molecule has 0 spiro atoms. The van der Waals surface area contributed by atoms with Crippen LogP contribution in [0, 0.1) is 6.29 Å². The lowest BCUT2D eigenvalue weighted by atomic mass is 10.6. The summed E-state index contributed by atoms with van der Waals surface area (Å²) in [5, 5.41) is 0. The summed E-state index contributed by atoms with van der Waals surface area (Å²) in [5.41, 5.74) is 0. The monoisotopic (exact) mass is 147 g/mol. The van der Waals surface area contributed by atoms with E-state index in [2.05, 4.69) is 0 Å². The van der Waals surface area contributed by atoms with Crippen LogP contribution in [0.4, 0.5) is 0 Å². The van der Waals surface area contributed by atoms with Gasteiger partial charge in [-0.05, 0) is 13.8 Å². The third-order valence-electron chi connectivity index (χ3n) is 0.873. The minimum absolute atomic E-state index is 0.418. The van der Waals surface area contributed by atoms with Gasteiger partial charge < -0.3 is 14.2 Å². The molecule has 0 aliphatic rings. The molecule has 0 bridgehead atoms. The van der Waals surface area contributed by atoms with Crippen molar-refractivity contribution in [3.63, 3.8) is 0 Å². The Labute approximate surface area is 62.3 Å². The lowest BCUT2D eigenvalue weighted by molar-refractivity contribution is -0.0705. The van der Waals surface area contributed by atoms with Gasteiger partial charge in [-0.25, -0.2) is 0 Å². The zero-order chi connectivity index (χ0) is 7.82. The van der Waals surface area contributed by atoms with Crippen LogP contribution in [-0.2, 0) is 14.2 Å². The molecule has 0 fully saturated rings. The molecule has 0 aromatic rings. The maximum absolute atomic E-state index is 5.09. The van der Waals surface area contributed by atoms with Crippen molar-refractivity contribution >= 4 is 0 Å². The molecule has 0 atom stereocenters. The fraction of sp³-hybridized carbons (Fsp3) is 0.857. The minimum Gasteiger partial charge on any atom is -0.379 e. The van der Waals surface area contributed by atoms with E-state index in [9.17, 15) is 0 Å². The minimum atomic E-state index is 0.418. The highest BCUT2D eigenvalue weighted by molar-refractivity contribution is 4.62. The summed E-state index contributed by atoms with van der Waals surface area (Å²) in [6.07, 6.45) is 0.563. The van der Waals surface area contributed by atoms with E-state index in [1.165, 1.54) is 0 Å². The Kier molecular flexibility index (Phi) is 6.91. The van der Waals surface area contributed by atoms with Gasteiger partial charge in [-0.3, -0.25) is 0 Å². The SMILES string of the molecule is CCO[C](COC)OCC. The first-order valence-electron chi connectivity index (χ1n) is 3.45. The maximum Gasteiger partial charge on any atom is 0.250 e. The van der Waals surface area contributed by atoms with E-state index < -0.39 is 0 Å². The van der Waals surface area contributed by atoms with Gasteiger partial charge in [-0.15, -0.1) is 0 Å². The van der Waals surface area contributed by atoms with E-state index in [1.807, 2.05) is 13.8 Å². The Morgan fingerprint density at radius 3 is 1.90 bits per heavy atom. The van der Waals surface area contributed by atoms with Gasteiger partial charge in [-0.1, -0.05) is 0 Å². The predicted octanol–water partition coefficient (Wildman–Crippen LogP) is 1.20. The largest absolute Gasteiger partial charge is 0.379 e. The molecule has 0 aromatic heterocycles. The number of hydrogen-bond acceptors (Lipinski definition) is 3. The van der Waals surface area contributed by atoms with E-state index in [1.54, 1.807) is 7.11 Å². The van der Waals surface area contributed by atoms with Crippen molar-refractivity contribution in [1.82, 2.24) is 0 Å². The summed E-state index contributed by atoms with van der Waals surface area (Å²) in [6, 6.07) is 0. The maximum atomic E-state index is 5.09. The Morgan fingerprint density at radius 2 is 1.60 bits per heavy atom. The number of rotatable bonds is 6. The van der Waals surface area contributed by atoms with Gasteiger partial charge in [0.05, 0.1) is 0 Å². The first-order valence-corrected chi connectivity index (χ1v) is 3.45. The molecule has 0 saturated heterocycles. The van der Waals surface area contributed by atoms with Gasteiger partial charge >= 0.3 is 0 Å². The summed E-state index contributed by atoms with van der Waals surface area (Å²) in [6.45, 7) is 5.49. The molecule has 0 saturated carbocycles. The molecule has 0 heterocycles. The van der Waals surface area contributed by atoms with E-state index in [4.69, 9.17) is 14.2 Å². The number of ether oxygens (including phenoxy) is 3. The third kappa shape index (κ3) is 4.73. The van der Waals surface area contributed by atoms with Crippen molar-refractivity contribution in [2.45, 2.75) is 13.8 Å². The average molecular weight is 147 g/mol. The summed E-state index contributed by atoms with van der Waals surface area (Å²) in [7, 11) is 1.61. The van der Waals surface area contributed by atoms with Crippen molar-refractivity contribution in [3.8, 4) is 0 Å². The van der Waals surface area contributed by atoms with Gasteiger partial charge in [-0.2, -0.15) is 0 Å². The van der Waals surface area contributed by atoms with Crippen LogP contribution < -0.4 is 0 Å². The first-order chi connectivity index (χ1) is 4.85. The molecule has 0 N–H and O–H groups in total. The zero-order valence-corrected chi connectivity index (χ0v) is 6.85. The average Bonchev–Trinajstić information content (AvgIpc) is 1.90. The molecular weight excluding hydrogens is 132 g/mol. The molecule has 0 aromatic carbocycles. The van der Waals surface area contributed by atoms with Crippen molar-refractivity contribution in [2.75, 3.05) is 26.9 Å². The third-order valence-corrected chi connectivity index (χ3v) is 0.873. The molecule has 0 rings (SSSR count). The van der Waals surface area contributed by atoms with Crippen LogP contribution in [0.2, 0.25) is 0 Å². The van der Waals surface area contributed by atoms with Crippen LogP contribution in [-0.4, -0.2) is 26.9 Å². The number of methoxy groups -OCH3 is 1. The van der Waals surface area contributed by atoms with Crippen molar-refractivity contribution in [2.24, 2.45) is 0 Å². The second kappa shape index (κ2) is 6.99. The van der Waals surface area contributed by atoms with Crippen LogP contribution in [0.1, 0.15) is 13.8 Å². The molecule has 3 heteroatoms. The van der Waals surface area contributed by atoms with Crippen molar-refractivity contribution in [1.29, 1.82) is 0 Å². The molecule has 0 amide bonds. The van der Waals surface area contributed by atoms with E-state index in [0.29, 0.717) is 26.1 Å².